The molecular formula is C16H22N2O2. The maximum Gasteiger partial charge on any atom is 0.337 e. The highest BCUT2D eigenvalue weighted by atomic mass is 16.4. The van der Waals surface area contributed by atoms with Crippen molar-refractivity contribution in [2.45, 2.75) is 45.6 Å². The lowest BCUT2D eigenvalue weighted by atomic mass is 9.84. The summed E-state index contributed by atoms with van der Waals surface area (Å²) in [6.45, 7) is 3.98. The molecule has 2 N–H and O–H groups in total. The lowest BCUT2D eigenvalue weighted by molar-refractivity contribution is 0.0695. The third-order valence-corrected chi connectivity index (χ3v) is 5.13. The molecule has 0 amide bonds. The molecule has 4 heteroatoms. The van der Waals surface area contributed by atoms with Gasteiger partial charge in [0.25, 0.3) is 0 Å². The Kier molecular flexibility index (Phi) is 3.40. The molecule has 4 nitrogen and oxygen atoms in total. The average Bonchev–Trinajstić information content (AvgIpc) is 3.00. The minimum atomic E-state index is -0.914. The summed E-state index contributed by atoms with van der Waals surface area (Å²) in [5.41, 5.74) is 0.853. The molecule has 1 aromatic rings. The number of pyridine rings is 1. The zero-order valence-electron chi connectivity index (χ0n) is 12.1. The first-order chi connectivity index (χ1) is 9.54. The van der Waals surface area contributed by atoms with Crippen LogP contribution in [0.2, 0.25) is 0 Å². The lowest BCUT2D eigenvalue weighted by Gasteiger charge is -2.29. The molecular weight excluding hydrogens is 252 g/mol. The summed E-state index contributed by atoms with van der Waals surface area (Å²) in [6.07, 6.45) is 5.54. The number of aromatic nitrogens is 1. The van der Waals surface area contributed by atoms with E-state index in [0.29, 0.717) is 11.7 Å². The number of hydrogen-bond acceptors (Lipinski definition) is 3. The molecule has 20 heavy (non-hydrogen) atoms. The number of rotatable bonds is 4. The number of nitrogens with zero attached hydrogens (tertiary/aromatic N) is 1. The van der Waals surface area contributed by atoms with Gasteiger partial charge in [0.2, 0.25) is 0 Å². The van der Waals surface area contributed by atoms with Crippen LogP contribution in [0, 0.1) is 24.7 Å². The fourth-order valence-electron chi connectivity index (χ4n) is 4.11. The number of carboxylic acids is 1. The van der Waals surface area contributed by atoms with Crippen LogP contribution < -0.4 is 5.32 Å². The Labute approximate surface area is 119 Å². The van der Waals surface area contributed by atoms with E-state index in [4.69, 9.17) is 5.11 Å². The predicted molar refractivity (Wildman–Crippen MR) is 78.0 cm³/mol. The van der Waals surface area contributed by atoms with Crippen LogP contribution >= 0.6 is 0 Å². The normalized spacial score (nSPS) is 29.4. The fraction of sp³-hybridized carbons (Fsp3) is 0.625. The molecule has 2 saturated carbocycles. The number of carbonyl (C=O) groups is 1. The van der Waals surface area contributed by atoms with Gasteiger partial charge in [0.05, 0.1) is 11.3 Å². The highest BCUT2D eigenvalue weighted by molar-refractivity contribution is 5.89. The predicted octanol–water partition coefficient (Wildman–Crippen LogP) is 3.32. The van der Waals surface area contributed by atoms with Gasteiger partial charge in [-0.25, -0.2) is 9.78 Å². The summed E-state index contributed by atoms with van der Waals surface area (Å²) >= 11 is 0. The maximum absolute atomic E-state index is 11.0. The second-order valence-corrected chi connectivity index (χ2v) is 6.41. The van der Waals surface area contributed by atoms with Crippen molar-refractivity contribution < 1.29 is 9.90 Å². The van der Waals surface area contributed by atoms with E-state index >= 15 is 0 Å². The van der Waals surface area contributed by atoms with E-state index in [1.807, 2.05) is 0 Å². The van der Waals surface area contributed by atoms with E-state index in [-0.39, 0.29) is 5.56 Å². The second kappa shape index (κ2) is 5.08. The van der Waals surface area contributed by atoms with Crippen molar-refractivity contribution in [2.75, 3.05) is 5.32 Å². The molecule has 0 spiro atoms. The van der Waals surface area contributed by atoms with Crippen molar-refractivity contribution in [3.8, 4) is 0 Å². The maximum atomic E-state index is 11.0. The van der Waals surface area contributed by atoms with Gasteiger partial charge in [-0.3, -0.25) is 0 Å². The smallest absolute Gasteiger partial charge is 0.337 e. The van der Waals surface area contributed by atoms with Crippen LogP contribution in [-0.2, 0) is 0 Å². The third-order valence-electron chi connectivity index (χ3n) is 5.13. The number of aryl methyl sites for hydroxylation is 1. The summed E-state index contributed by atoms with van der Waals surface area (Å²) in [4.78, 5) is 15.4. The molecule has 0 radical (unpaired) electrons. The monoisotopic (exact) mass is 274 g/mol. The zero-order chi connectivity index (χ0) is 14.3. The molecule has 2 bridgehead atoms. The summed E-state index contributed by atoms with van der Waals surface area (Å²) in [5.74, 6) is 2.45. The number of hydrogen-bond donors (Lipinski definition) is 2. The van der Waals surface area contributed by atoms with Crippen molar-refractivity contribution in [3.63, 3.8) is 0 Å². The third kappa shape index (κ3) is 2.39. The van der Waals surface area contributed by atoms with Gasteiger partial charge >= 0.3 is 5.97 Å². The number of nitrogens with one attached hydrogen (secondary N) is 1. The minimum Gasteiger partial charge on any atom is -0.478 e. The summed E-state index contributed by atoms with van der Waals surface area (Å²) < 4.78 is 0. The number of anilines is 1. The molecule has 4 atom stereocenters. The second-order valence-electron chi connectivity index (χ2n) is 6.41. The fourth-order valence-corrected chi connectivity index (χ4v) is 4.11. The van der Waals surface area contributed by atoms with E-state index in [1.54, 1.807) is 19.1 Å². The van der Waals surface area contributed by atoms with E-state index < -0.39 is 5.97 Å². The highest BCUT2D eigenvalue weighted by Gasteiger charge is 2.41. The molecule has 0 aliphatic heterocycles. The first-order valence-electron chi connectivity index (χ1n) is 7.52. The van der Waals surface area contributed by atoms with Crippen LogP contribution in [0.3, 0.4) is 0 Å². The molecule has 0 saturated heterocycles. The Balaban J connectivity index is 1.68. The van der Waals surface area contributed by atoms with Gasteiger partial charge in [0.15, 0.2) is 0 Å². The van der Waals surface area contributed by atoms with Gasteiger partial charge in [-0.15, -0.1) is 0 Å². The van der Waals surface area contributed by atoms with Gasteiger partial charge in [-0.1, -0.05) is 6.42 Å². The number of aromatic carboxylic acids is 1. The Morgan fingerprint density at radius 2 is 2.20 bits per heavy atom. The molecule has 0 aromatic carbocycles. The van der Waals surface area contributed by atoms with Crippen molar-refractivity contribution in [1.29, 1.82) is 0 Å². The first-order valence-corrected chi connectivity index (χ1v) is 7.52. The molecule has 1 heterocycles. The van der Waals surface area contributed by atoms with Gasteiger partial charge in [0.1, 0.15) is 5.82 Å². The van der Waals surface area contributed by atoms with Gasteiger partial charge in [-0.2, -0.15) is 0 Å². The Morgan fingerprint density at radius 3 is 2.75 bits per heavy atom. The van der Waals surface area contributed by atoms with E-state index in [9.17, 15) is 4.79 Å². The largest absolute Gasteiger partial charge is 0.478 e. The molecule has 1 aromatic heterocycles. The SMILES string of the molecule is Cc1nc(NC(C)C2CC3CCC2C3)ccc1C(=O)O. The standard InChI is InChI=1S/C16H22N2O2/c1-9-13(16(19)20)5-6-15(17-9)18-10(2)14-8-11-3-4-12(14)7-11/h5-6,10-12,14H,3-4,7-8H2,1-2H3,(H,17,18)(H,19,20). The molecule has 4 unspecified atom stereocenters. The van der Waals surface area contributed by atoms with Crippen LogP contribution in [0.1, 0.15) is 48.7 Å². The number of fused-ring (bicyclic) bond motifs is 2. The van der Waals surface area contributed by atoms with Crippen LogP contribution in [0.25, 0.3) is 0 Å². The molecule has 2 fully saturated rings. The van der Waals surface area contributed by atoms with E-state index in [0.717, 1.165) is 23.6 Å². The van der Waals surface area contributed by atoms with Gasteiger partial charge in [0, 0.05) is 6.04 Å². The van der Waals surface area contributed by atoms with Crippen LogP contribution in [-0.4, -0.2) is 22.1 Å². The van der Waals surface area contributed by atoms with Crippen molar-refractivity contribution >= 4 is 11.8 Å². The van der Waals surface area contributed by atoms with E-state index in [2.05, 4.69) is 17.2 Å². The topological polar surface area (TPSA) is 62.2 Å². The Morgan fingerprint density at radius 1 is 1.40 bits per heavy atom. The molecule has 3 rings (SSSR count). The number of carboxylic acid groups (broad SMARTS) is 1. The molecule has 108 valence electrons. The van der Waals surface area contributed by atoms with Crippen LogP contribution in [0.4, 0.5) is 5.82 Å². The van der Waals surface area contributed by atoms with Crippen molar-refractivity contribution in [2.24, 2.45) is 17.8 Å². The quantitative estimate of drug-likeness (QED) is 0.884. The summed E-state index contributed by atoms with van der Waals surface area (Å²) in [6, 6.07) is 3.83. The Hall–Kier alpha value is -1.58. The zero-order valence-corrected chi connectivity index (χ0v) is 12.1. The van der Waals surface area contributed by atoms with E-state index in [1.165, 1.54) is 25.7 Å². The van der Waals surface area contributed by atoms with Crippen molar-refractivity contribution in [1.82, 2.24) is 4.98 Å². The lowest BCUT2D eigenvalue weighted by Crippen LogP contribution is -2.30. The highest BCUT2D eigenvalue weighted by Crippen LogP contribution is 2.49. The van der Waals surface area contributed by atoms with Crippen LogP contribution in [0.5, 0.6) is 0 Å². The summed E-state index contributed by atoms with van der Waals surface area (Å²) in [7, 11) is 0. The van der Waals surface area contributed by atoms with Gasteiger partial charge in [-0.05, 0) is 63.0 Å². The Bertz CT molecular complexity index is 529. The van der Waals surface area contributed by atoms with Gasteiger partial charge < -0.3 is 10.4 Å². The molecule has 2 aliphatic rings. The first kappa shape index (κ1) is 13.4. The van der Waals surface area contributed by atoms with Crippen LogP contribution in [0.15, 0.2) is 12.1 Å². The summed E-state index contributed by atoms with van der Waals surface area (Å²) in [5, 5.41) is 12.5. The minimum absolute atomic E-state index is 0.281. The molecule has 2 aliphatic carbocycles. The average molecular weight is 274 g/mol. The van der Waals surface area contributed by atoms with Crippen molar-refractivity contribution in [3.05, 3.63) is 23.4 Å².